The molecule has 0 unspecified atom stereocenters. The van der Waals surface area contributed by atoms with E-state index < -0.39 is 29.8 Å². The van der Waals surface area contributed by atoms with Gasteiger partial charge < -0.3 is 20.0 Å². The van der Waals surface area contributed by atoms with Crippen LogP contribution in [0.25, 0.3) is 0 Å². The molecule has 1 fully saturated rings. The number of hydrogen-bond acceptors (Lipinski definition) is 6. The van der Waals surface area contributed by atoms with Gasteiger partial charge >= 0.3 is 5.97 Å². The summed E-state index contributed by atoms with van der Waals surface area (Å²) in [6, 6.07) is 6.99. The Kier molecular flexibility index (Phi) is 7.50. The molecule has 1 amide bonds. The molecule has 0 saturated heterocycles. The molecule has 142 valence electrons. The Morgan fingerprint density at radius 2 is 1.81 bits per heavy atom. The average molecular weight is 378 g/mol. The zero-order chi connectivity index (χ0) is 19.1. The lowest BCUT2D eigenvalue weighted by atomic mass is 9.78. The number of carbonyl (C=O) groups excluding carboxylic acids is 3. The minimum atomic E-state index is -1.18. The fraction of sp³-hybridized carbons (Fsp3) is 0.526. The monoisotopic (exact) mass is 378 g/mol. The third kappa shape index (κ3) is 5.24. The number of amides is 1. The van der Waals surface area contributed by atoms with Gasteiger partial charge in [-0.05, 0) is 36.8 Å². The van der Waals surface area contributed by atoms with Crippen LogP contribution in [0.4, 0.5) is 0 Å². The predicted molar refractivity (Wildman–Crippen MR) is 96.2 cm³/mol. The van der Waals surface area contributed by atoms with Crippen molar-refractivity contribution in [2.45, 2.75) is 43.0 Å². The van der Waals surface area contributed by atoms with E-state index >= 15 is 0 Å². The van der Waals surface area contributed by atoms with Crippen LogP contribution >= 0.6 is 11.8 Å². The van der Waals surface area contributed by atoms with Gasteiger partial charge in [0, 0.05) is 22.7 Å². The summed E-state index contributed by atoms with van der Waals surface area (Å²) in [4.78, 5) is 36.9. The van der Waals surface area contributed by atoms with Crippen LogP contribution in [-0.2, 0) is 19.1 Å². The van der Waals surface area contributed by atoms with E-state index in [9.17, 15) is 19.5 Å². The zero-order valence-electron chi connectivity index (χ0n) is 15.0. The summed E-state index contributed by atoms with van der Waals surface area (Å²) in [5.41, 5.74) is 0.780. The highest BCUT2D eigenvalue weighted by Crippen LogP contribution is 2.31. The van der Waals surface area contributed by atoms with Crippen LogP contribution in [0.1, 0.15) is 43.7 Å². The molecule has 0 aromatic heterocycles. The zero-order valence-corrected chi connectivity index (χ0v) is 15.8. The summed E-state index contributed by atoms with van der Waals surface area (Å²) < 4.78 is 4.74. The highest BCUT2D eigenvalue weighted by atomic mass is 32.2. The van der Waals surface area contributed by atoms with Gasteiger partial charge in [0.1, 0.15) is 0 Å². The van der Waals surface area contributed by atoms with Gasteiger partial charge in [0.2, 0.25) is 5.91 Å². The molecule has 26 heavy (non-hydrogen) atoms. The largest absolute Gasteiger partial charge is 0.550 e. The molecular formula is C19H24NO5S-. The third-order valence-electron chi connectivity index (χ3n) is 4.84. The van der Waals surface area contributed by atoms with E-state index in [1.165, 1.54) is 7.11 Å². The molecule has 1 N–H and O–H groups in total. The molecule has 0 heterocycles. The Hall–Kier alpha value is -2.02. The number of esters is 1. The van der Waals surface area contributed by atoms with E-state index in [2.05, 4.69) is 5.32 Å². The number of hydrogen-bond donors (Lipinski definition) is 1. The molecule has 1 saturated carbocycles. The van der Waals surface area contributed by atoms with E-state index in [1.807, 2.05) is 30.5 Å². The van der Waals surface area contributed by atoms with Crippen molar-refractivity contribution in [1.29, 1.82) is 0 Å². The first kappa shape index (κ1) is 20.3. The molecular weight excluding hydrogens is 354 g/mol. The second kappa shape index (κ2) is 9.62. The minimum absolute atomic E-state index is 0.0104. The SMILES string of the molecule is COC(=O)C[C@H](NC(=O)[C@@H]1CCCC[C@@H]1C(=O)[O-])c1ccc(SC)cc1. The topological polar surface area (TPSA) is 95.5 Å². The average Bonchev–Trinajstić information content (AvgIpc) is 2.67. The first-order chi connectivity index (χ1) is 12.5. The number of aliphatic carboxylic acids is 1. The van der Waals surface area contributed by atoms with Crippen LogP contribution in [0.2, 0.25) is 0 Å². The van der Waals surface area contributed by atoms with Crippen molar-refractivity contribution in [3.63, 3.8) is 0 Å². The number of carbonyl (C=O) groups is 3. The van der Waals surface area contributed by atoms with Crippen LogP contribution in [0, 0.1) is 11.8 Å². The Labute approximate surface area is 157 Å². The standard InChI is InChI=1S/C19H25NO5S/c1-25-17(21)11-16(12-7-9-13(26-2)10-8-12)20-18(22)14-5-3-4-6-15(14)19(23)24/h7-10,14-16H,3-6,11H2,1-2H3,(H,20,22)(H,23,24)/p-1/t14-,15+,16+/m1/s1. The normalized spacial score (nSPS) is 20.8. The summed E-state index contributed by atoms with van der Waals surface area (Å²) >= 11 is 1.60. The predicted octanol–water partition coefficient (Wildman–Crippen LogP) is 1.69. The summed E-state index contributed by atoms with van der Waals surface area (Å²) in [7, 11) is 1.30. The lowest BCUT2D eigenvalue weighted by molar-refractivity contribution is -0.314. The van der Waals surface area contributed by atoms with Crippen LogP contribution < -0.4 is 10.4 Å². The van der Waals surface area contributed by atoms with Crippen molar-refractivity contribution in [2.24, 2.45) is 11.8 Å². The molecule has 7 heteroatoms. The van der Waals surface area contributed by atoms with Gasteiger partial charge in [0.15, 0.2) is 0 Å². The molecule has 1 aliphatic rings. The molecule has 6 nitrogen and oxygen atoms in total. The lowest BCUT2D eigenvalue weighted by Crippen LogP contribution is -2.45. The van der Waals surface area contributed by atoms with E-state index in [0.29, 0.717) is 12.8 Å². The number of methoxy groups -OCH3 is 1. The number of thioether (sulfide) groups is 1. The molecule has 1 aromatic rings. The highest BCUT2D eigenvalue weighted by molar-refractivity contribution is 7.98. The van der Waals surface area contributed by atoms with Crippen molar-refractivity contribution in [3.8, 4) is 0 Å². The maximum absolute atomic E-state index is 12.7. The van der Waals surface area contributed by atoms with E-state index in [4.69, 9.17) is 4.74 Å². The highest BCUT2D eigenvalue weighted by Gasteiger charge is 2.33. The van der Waals surface area contributed by atoms with Crippen LogP contribution in [0.5, 0.6) is 0 Å². The van der Waals surface area contributed by atoms with Crippen molar-refractivity contribution < 1.29 is 24.2 Å². The van der Waals surface area contributed by atoms with Gasteiger partial charge in [-0.1, -0.05) is 25.0 Å². The minimum Gasteiger partial charge on any atom is -0.550 e. The summed E-state index contributed by atoms with van der Waals surface area (Å²) in [6.45, 7) is 0. The second-order valence-corrected chi connectivity index (χ2v) is 7.31. The van der Waals surface area contributed by atoms with E-state index in [-0.39, 0.29) is 12.3 Å². The number of rotatable bonds is 7. The molecule has 0 spiro atoms. The second-order valence-electron chi connectivity index (χ2n) is 6.43. The molecule has 0 bridgehead atoms. The molecule has 3 atom stereocenters. The Morgan fingerprint density at radius 3 is 2.35 bits per heavy atom. The first-order valence-corrected chi connectivity index (χ1v) is 9.90. The number of carboxylic acid groups (broad SMARTS) is 1. The summed E-state index contributed by atoms with van der Waals surface area (Å²) in [5, 5.41) is 14.2. The van der Waals surface area contributed by atoms with E-state index in [1.54, 1.807) is 11.8 Å². The van der Waals surface area contributed by atoms with Gasteiger partial charge in [-0.2, -0.15) is 0 Å². The first-order valence-electron chi connectivity index (χ1n) is 8.68. The summed E-state index contributed by atoms with van der Waals surface area (Å²) in [5.74, 6) is -3.37. The van der Waals surface area contributed by atoms with Gasteiger partial charge in [-0.25, -0.2) is 0 Å². The Morgan fingerprint density at radius 1 is 1.19 bits per heavy atom. The van der Waals surface area contributed by atoms with Crippen molar-refractivity contribution in [3.05, 3.63) is 29.8 Å². The Balaban J connectivity index is 2.17. The third-order valence-corrected chi connectivity index (χ3v) is 5.58. The maximum atomic E-state index is 12.7. The molecule has 1 aliphatic carbocycles. The molecule has 2 rings (SSSR count). The van der Waals surface area contributed by atoms with Crippen LogP contribution in [-0.4, -0.2) is 31.2 Å². The molecule has 0 aliphatic heterocycles. The number of carboxylic acids is 1. The van der Waals surface area contributed by atoms with Crippen LogP contribution in [0.15, 0.2) is 29.2 Å². The number of nitrogens with one attached hydrogen (secondary N) is 1. The van der Waals surface area contributed by atoms with Crippen molar-refractivity contribution in [2.75, 3.05) is 13.4 Å². The fourth-order valence-electron chi connectivity index (χ4n) is 3.34. The fourth-order valence-corrected chi connectivity index (χ4v) is 3.75. The number of benzene rings is 1. The summed E-state index contributed by atoms with van der Waals surface area (Å²) in [6.07, 6.45) is 4.51. The van der Waals surface area contributed by atoms with Crippen LogP contribution in [0.3, 0.4) is 0 Å². The van der Waals surface area contributed by atoms with Crippen molar-refractivity contribution in [1.82, 2.24) is 5.32 Å². The number of ether oxygens (including phenoxy) is 1. The van der Waals surface area contributed by atoms with Gasteiger partial charge in [-0.15, -0.1) is 11.8 Å². The van der Waals surface area contributed by atoms with Gasteiger partial charge in [0.25, 0.3) is 0 Å². The molecule has 1 aromatic carbocycles. The maximum Gasteiger partial charge on any atom is 0.307 e. The van der Waals surface area contributed by atoms with Gasteiger partial charge in [0.05, 0.1) is 19.6 Å². The van der Waals surface area contributed by atoms with Crippen molar-refractivity contribution >= 4 is 29.6 Å². The van der Waals surface area contributed by atoms with E-state index in [0.717, 1.165) is 23.3 Å². The smallest absolute Gasteiger partial charge is 0.307 e. The lowest BCUT2D eigenvalue weighted by Gasteiger charge is -2.32. The quantitative estimate of drug-likeness (QED) is 0.573. The Bertz CT molecular complexity index is 646. The van der Waals surface area contributed by atoms with Gasteiger partial charge in [-0.3, -0.25) is 9.59 Å². The molecule has 0 radical (unpaired) electrons.